The molecular weight excluding hydrogens is 272 g/mol. The van der Waals surface area contributed by atoms with Gasteiger partial charge in [-0.15, -0.1) is 10.2 Å². The molecule has 0 saturated heterocycles. The maximum absolute atomic E-state index is 11.8. The molecule has 20 heavy (non-hydrogen) atoms. The van der Waals surface area contributed by atoms with E-state index in [2.05, 4.69) is 15.5 Å². The van der Waals surface area contributed by atoms with Gasteiger partial charge in [-0.25, -0.2) is 0 Å². The summed E-state index contributed by atoms with van der Waals surface area (Å²) in [6, 6.07) is 11.8. The summed E-state index contributed by atoms with van der Waals surface area (Å²) in [5, 5.41) is 10.7. The second kappa shape index (κ2) is 5.66. The number of nitrogens with zero attached hydrogens (tertiary/aromatic N) is 3. The van der Waals surface area contributed by atoms with E-state index in [9.17, 15) is 4.79 Å². The van der Waals surface area contributed by atoms with E-state index in [0.29, 0.717) is 11.6 Å². The van der Waals surface area contributed by atoms with E-state index in [4.69, 9.17) is 0 Å². The Morgan fingerprint density at radius 2 is 1.95 bits per heavy atom. The van der Waals surface area contributed by atoms with Crippen molar-refractivity contribution in [2.75, 3.05) is 5.32 Å². The molecule has 6 heteroatoms. The number of carbonyl (C=O) groups excluding carboxylic acids is 1. The number of hydrogen-bond donors (Lipinski definition) is 1. The molecular formula is C14H12N4OS. The van der Waals surface area contributed by atoms with Crippen molar-refractivity contribution in [1.82, 2.24) is 14.8 Å². The van der Waals surface area contributed by atoms with Gasteiger partial charge in [0.2, 0.25) is 11.0 Å². The van der Waals surface area contributed by atoms with Crippen molar-refractivity contribution in [1.29, 1.82) is 0 Å². The number of anilines is 1. The van der Waals surface area contributed by atoms with Gasteiger partial charge < -0.3 is 9.88 Å². The average molecular weight is 284 g/mol. The highest BCUT2D eigenvalue weighted by Crippen LogP contribution is 2.12. The molecule has 1 N–H and O–H groups in total. The van der Waals surface area contributed by atoms with Crippen LogP contribution in [-0.4, -0.2) is 20.7 Å². The normalized spacial score (nSPS) is 10.4. The van der Waals surface area contributed by atoms with Crippen LogP contribution in [0.1, 0.15) is 5.56 Å². The average Bonchev–Trinajstić information content (AvgIpc) is 3.12. The van der Waals surface area contributed by atoms with E-state index >= 15 is 0 Å². The third-order valence-electron chi connectivity index (χ3n) is 2.81. The van der Waals surface area contributed by atoms with Crippen LogP contribution in [0.4, 0.5) is 5.13 Å². The van der Waals surface area contributed by atoms with Gasteiger partial charge in [0.05, 0.1) is 6.42 Å². The van der Waals surface area contributed by atoms with E-state index in [1.54, 1.807) is 5.51 Å². The molecule has 5 nitrogen and oxygen atoms in total. The first-order valence-electron chi connectivity index (χ1n) is 6.09. The number of hydrogen-bond acceptors (Lipinski definition) is 4. The van der Waals surface area contributed by atoms with Crippen LogP contribution in [-0.2, 0) is 11.2 Å². The first-order chi connectivity index (χ1) is 9.81. The lowest BCUT2D eigenvalue weighted by molar-refractivity contribution is -0.115. The second-order valence-electron chi connectivity index (χ2n) is 4.23. The molecule has 3 aromatic rings. The fourth-order valence-electron chi connectivity index (χ4n) is 1.87. The minimum atomic E-state index is -0.0875. The lowest BCUT2D eigenvalue weighted by atomic mass is 10.1. The molecule has 1 aromatic carbocycles. The van der Waals surface area contributed by atoms with Crippen molar-refractivity contribution in [2.45, 2.75) is 6.42 Å². The zero-order chi connectivity index (χ0) is 13.8. The quantitative estimate of drug-likeness (QED) is 0.800. The smallest absolute Gasteiger partial charge is 0.230 e. The zero-order valence-corrected chi connectivity index (χ0v) is 11.4. The van der Waals surface area contributed by atoms with Gasteiger partial charge >= 0.3 is 0 Å². The molecule has 0 saturated carbocycles. The number of benzene rings is 1. The maximum Gasteiger partial charge on any atom is 0.230 e. The lowest BCUT2D eigenvalue weighted by Crippen LogP contribution is -2.14. The van der Waals surface area contributed by atoms with Crippen molar-refractivity contribution in [2.24, 2.45) is 0 Å². The largest absolute Gasteiger partial charge is 0.324 e. The molecule has 2 heterocycles. The second-order valence-corrected chi connectivity index (χ2v) is 5.06. The highest BCUT2D eigenvalue weighted by molar-refractivity contribution is 7.13. The predicted molar refractivity (Wildman–Crippen MR) is 78.0 cm³/mol. The van der Waals surface area contributed by atoms with E-state index in [1.807, 2.05) is 53.4 Å². The van der Waals surface area contributed by atoms with E-state index < -0.39 is 0 Å². The van der Waals surface area contributed by atoms with Crippen LogP contribution >= 0.6 is 11.3 Å². The Morgan fingerprint density at radius 3 is 2.60 bits per heavy atom. The molecule has 0 unspecified atom stereocenters. The lowest BCUT2D eigenvalue weighted by Gasteiger charge is -2.05. The zero-order valence-electron chi connectivity index (χ0n) is 10.6. The summed E-state index contributed by atoms with van der Waals surface area (Å²) in [4.78, 5) is 11.8. The topological polar surface area (TPSA) is 59.8 Å². The van der Waals surface area contributed by atoms with Crippen LogP contribution in [0.5, 0.6) is 0 Å². The third-order valence-corrected chi connectivity index (χ3v) is 3.42. The van der Waals surface area contributed by atoms with Crippen molar-refractivity contribution in [3.63, 3.8) is 0 Å². The molecule has 0 atom stereocenters. The summed E-state index contributed by atoms with van der Waals surface area (Å²) >= 11 is 1.31. The summed E-state index contributed by atoms with van der Waals surface area (Å²) in [7, 11) is 0. The standard InChI is InChI=1S/C14H12N4OS/c19-13(16-14-17-15-10-20-14)9-11-3-5-12(6-4-11)18-7-1-2-8-18/h1-8,10H,9H2,(H,16,17,19). The van der Waals surface area contributed by atoms with Crippen LogP contribution in [0.25, 0.3) is 5.69 Å². The highest BCUT2D eigenvalue weighted by Gasteiger charge is 2.06. The van der Waals surface area contributed by atoms with Crippen LogP contribution in [0.3, 0.4) is 0 Å². The Labute approximate surface area is 119 Å². The van der Waals surface area contributed by atoms with Crippen LogP contribution in [0.2, 0.25) is 0 Å². The van der Waals surface area contributed by atoms with Crippen LogP contribution in [0, 0.1) is 0 Å². The van der Waals surface area contributed by atoms with Crippen molar-refractivity contribution in [3.05, 3.63) is 59.9 Å². The Balaban J connectivity index is 1.65. The van der Waals surface area contributed by atoms with Gasteiger partial charge in [0.1, 0.15) is 5.51 Å². The summed E-state index contributed by atoms with van der Waals surface area (Å²) in [5.74, 6) is -0.0875. The molecule has 0 bridgehead atoms. The van der Waals surface area contributed by atoms with Gasteiger partial charge in [0, 0.05) is 18.1 Å². The Hall–Kier alpha value is -2.47. The number of rotatable bonds is 4. The molecule has 0 aliphatic carbocycles. The Kier molecular flexibility index (Phi) is 3.56. The molecule has 1 amide bonds. The van der Waals surface area contributed by atoms with Crippen molar-refractivity contribution in [3.8, 4) is 5.69 Å². The molecule has 2 aromatic heterocycles. The predicted octanol–water partition coefficient (Wildman–Crippen LogP) is 2.51. The summed E-state index contributed by atoms with van der Waals surface area (Å²) < 4.78 is 2.02. The van der Waals surface area contributed by atoms with Gasteiger partial charge in [-0.05, 0) is 29.8 Å². The monoisotopic (exact) mass is 284 g/mol. The minimum Gasteiger partial charge on any atom is -0.324 e. The summed E-state index contributed by atoms with van der Waals surface area (Å²) in [6.07, 6.45) is 4.29. The molecule has 0 fully saturated rings. The number of nitrogens with one attached hydrogen (secondary N) is 1. The van der Waals surface area contributed by atoms with Gasteiger partial charge in [0.25, 0.3) is 0 Å². The van der Waals surface area contributed by atoms with Gasteiger partial charge in [-0.1, -0.05) is 23.5 Å². The maximum atomic E-state index is 11.8. The number of aromatic nitrogens is 3. The SMILES string of the molecule is O=C(Cc1ccc(-n2cccc2)cc1)Nc1nncs1. The van der Waals surface area contributed by atoms with E-state index in [-0.39, 0.29) is 5.91 Å². The van der Waals surface area contributed by atoms with Crippen LogP contribution in [0.15, 0.2) is 54.3 Å². The third kappa shape index (κ3) is 2.92. The number of amides is 1. The molecule has 3 rings (SSSR count). The van der Waals surface area contributed by atoms with Gasteiger partial charge in [-0.2, -0.15) is 0 Å². The van der Waals surface area contributed by atoms with Gasteiger partial charge in [0.15, 0.2) is 0 Å². The molecule has 0 aliphatic rings. The van der Waals surface area contributed by atoms with Crippen LogP contribution < -0.4 is 5.32 Å². The van der Waals surface area contributed by atoms with Crippen molar-refractivity contribution < 1.29 is 4.79 Å². The fraction of sp³-hybridized carbons (Fsp3) is 0.0714. The molecule has 100 valence electrons. The first-order valence-corrected chi connectivity index (χ1v) is 6.97. The first kappa shape index (κ1) is 12.6. The minimum absolute atomic E-state index is 0.0875. The Morgan fingerprint density at radius 1 is 1.20 bits per heavy atom. The molecule has 0 aliphatic heterocycles. The Bertz CT molecular complexity index is 675. The fourth-order valence-corrected chi connectivity index (χ4v) is 2.33. The summed E-state index contributed by atoms with van der Waals surface area (Å²) in [5.41, 5.74) is 3.62. The van der Waals surface area contributed by atoms with E-state index in [1.165, 1.54) is 11.3 Å². The van der Waals surface area contributed by atoms with Crippen molar-refractivity contribution >= 4 is 22.4 Å². The van der Waals surface area contributed by atoms with E-state index in [0.717, 1.165) is 11.3 Å². The molecule has 0 spiro atoms. The number of carbonyl (C=O) groups is 1. The summed E-state index contributed by atoms with van der Waals surface area (Å²) in [6.45, 7) is 0. The van der Waals surface area contributed by atoms with Gasteiger partial charge in [-0.3, -0.25) is 4.79 Å². The highest BCUT2D eigenvalue weighted by atomic mass is 32.1. The molecule has 0 radical (unpaired) electrons.